The SMILES string of the molecule is CC1=CC=CC(C(=O)c2ccccc2)C1=Cc1ccccc1. The fourth-order valence-electron chi connectivity index (χ4n) is 2.70. The molecular weight excluding hydrogens is 268 g/mol. The van der Waals surface area contributed by atoms with E-state index in [4.69, 9.17) is 0 Å². The van der Waals surface area contributed by atoms with E-state index in [1.165, 1.54) is 0 Å². The lowest BCUT2D eigenvalue weighted by molar-refractivity contribution is 0.0961. The maximum Gasteiger partial charge on any atom is 0.174 e. The normalized spacial score (nSPS) is 19.0. The molecule has 0 heterocycles. The lowest BCUT2D eigenvalue weighted by Crippen LogP contribution is -2.17. The average molecular weight is 286 g/mol. The van der Waals surface area contributed by atoms with Crippen molar-refractivity contribution >= 4 is 11.9 Å². The van der Waals surface area contributed by atoms with E-state index in [1.807, 2.05) is 60.7 Å². The van der Waals surface area contributed by atoms with Gasteiger partial charge in [-0.2, -0.15) is 0 Å². The third-order valence-corrected chi connectivity index (χ3v) is 3.90. The highest BCUT2D eigenvalue weighted by Gasteiger charge is 2.24. The maximum atomic E-state index is 12.8. The largest absolute Gasteiger partial charge is 0.293 e. The van der Waals surface area contributed by atoms with Crippen molar-refractivity contribution in [3.63, 3.8) is 0 Å². The van der Waals surface area contributed by atoms with Crippen LogP contribution < -0.4 is 0 Å². The first kappa shape index (κ1) is 14.3. The van der Waals surface area contributed by atoms with Gasteiger partial charge in [-0.25, -0.2) is 0 Å². The summed E-state index contributed by atoms with van der Waals surface area (Å²) >= 11 is 0. The van der Waals surface area contributed by atoms with Crippen LogP contribution >= 0.6 is 0 Å². The molecule has 0 aromatic heterocycles. The number of ketones is 1. The van der Waals surface area contributed by atoms with Gasteiger partial charge in [0.1, 0.15) is 0 Å². The van der Waals surface area contributed by atoms with E-state index >= 15 is 0 Å². The Kier molecular flexibility index (Phi) is 4.15. The third kappa shape index (κ3) is 2.99. The number of carbonyl (C=O) groups excluding carboxylic acids is 1. The molecule has 1 unspecified atom stereocenters. The predicted octanol–water partition coefficient (Wildman–Crippen LogP) is 5.09. The van der Waals surface area contributed by atoms with Gasteiger partial charge >= 0.3 is 0 Å². The summed E-state index contributed by atoms with van der Waals surface area (Å²) in [5.41, 5.74) is 4.08. The van der Waals surface area contributed by atoms with Crippen LogP contribution in [0, 0.1) is 5.92 Å². The first-order valence-corrected chi connectivity index (χ1v) is 7.47. The second-order valence-electron chi connectivity index (χ2n) is 5.45. The van der Waals surface area contributed by atoms with Crippen molar-refractivity contribution in [2.24, 2.45) is 5.92 Å². The van der Waals surface area contributed by atoms with E-state index in [0.29, 0.717) is 0 Å². The molecule has 1 aliphatic carbocycles. The number of allylic oxidation sites excluding steroid dienone is 5. The molecule has 3 rings (SSSR count). The molecule has 0 bridgehead atoms. The highest BCUT2D eigenvalue weighted by molar-refractivity contribution is 6.02. The molecule has 1 heteroatoms. The number of rotatable bonds is 3. The monoisotopic (exact) mass is 286 g/mol. The van der Waals surface area contributed by atoms with Gasteiger partial charge in [-0.05, 0) is 23.6 Å². The molecule has 0 N–H and O–H groups in total. The van der Waals surface area contributed by atoms with Gasteiger partial charge in [-0.1, -0.05) is 85.0 Å². The van der Waals surface area contributed by atoms with Crippen molar-refractivity contribution in [1.29, 1.82) is 0 Å². The Morgan fingerprint density at radius 1 is 0.955 bits per heavy atom. The average Bonchev–Trinajstić information content (AvgIpc) is 2.58. The van der Waals surface area contributed by atoms with Gasteiger partial charge < -0.3 is 0 Å². The zero-order chi connectivity index (χ0) is 15.4. The summed E-state index contributed by atoms with van der Waals surface area (Å²) in [5.74, 6) is -0.0703. The van der Waals surface area contributed by atoms with Crippen molar-refractivity contribution in [3.8, 4) is 0 Å². The maximum absolute atomic E-state index is 12.8. The van der Waals surface area contributed by atoms with E-state index in [9.17, 15) is 4.79 Å². The zero-order valence-electron chi connectivity index (χ0n) is 12.6. The lowest BCUT2D eigenvalue weighted by Gasteiger charge is -2.20. The van der Waals surface area contributed by atoms with Gasteiger partial charge in [-0.3, -0.25) is 4.79 Å². The first-order valence-electron chi connectivity index (χ1n) is 7.47. The van der Waals surface area contributed by atoms with Crippen LogP contribution in [-0.2, 0) is 0 Å². The van der Waals surface area contributed by atoms with Crippen molar-refractivity contribution in [1.82, 2.24) is 0 Å². The number of hydrogen-bond donors (Lipinski definition) is 0. The van der Waals surface area contributed by atoms with Crippen LogP contribution in [0.15, 0.2) is 90.0 Å². The molecule has 0 saturated carbocycles. The van der Waals surface area contributed by atoms with E-state index < -0.39 is 0 Å². The molecule has 0 fully saturated rings. The van der Waals surface area contributed by atoms with Crippen LogP contribution in [0.1, 0.15) is 22.8 Å². The Morgan fingerprint density at radius 3 is 2.27 bits per heavy atom. The molecule has 108 valence electrons. The smallest absolute Gasteiger partial charge is 0.174 e. The summed E-state index contributed by atoms with van der Waals surface area (Å²) in [6.07, 6.45) is 8.13. The van der Waals surface area contributed by atoms with Crippen LogP contribution in [0.4, 0.5) is 0 Å². The Bertz CT molecular complexity index is 749. The Balaban J connectivity index is 1.99. The molecule has 0 aliphatic heterocycles. The summed E-state index contributed by atoms with van der Waals surface area (Å²) < 4.78 is 0. The van der Waals surface area contributed by atoms with Crippen LogP contribution in [0.25, 0.3) is 6.08 Å². The van der Waals surface area contributed by atoms with E-state index in [0.717, 1.165) is 22.3 Å². The molecule has 2 aromatic carbocycles. The standard InChI is InChI=1S/C21H18O/c1-16-9-8-14-19(21(22)18-12-6-3-7-13-18)20(16)15-17-10-4-2-5-11-17/h2-15,19H,1H3. The number of Topliss-reactive ketones (excluding diaryl/α,β-unsaturated/α-hetero) is 1. The summed E-state index contributed by atoms with van der Waals surface area (Å²) in [6.45, 7) is 2.06. The quantitative estimate of drug-likeness (QED) is 0.719. The minimum absolute atomic E-state index is 0.145. The Hall–Kier alpha value is -2.67. The van der Waals surface area contributed by atoms with Crippen LogP contribution in [-0.4, -0.2) is 5.78 Å². The van der Waals surface area contributed by atoms with Crippen LogP contribution in [0.3, 0.4) is 0 Å². The summed E-state index contributed by atoms with van der Waals surface area (Å²) in [5, 5.41) is 0. The van der Waals surface area contributed by atoms with Gasteiger partial charge in [-0.15, -0.1) is 0 Å². The number of benzene rings is 2. The van der Waals surface area contributed by atoms with E-state index in [1.54, 1.807) is 0 Å². The third-order valence-electron chi connectivity index (χ3n) is 3.90. The minimum atomic E-state index is -0.215. The molecule has 0 radical (unpaired) electrons. The summed E-state index contributed by atoms with van der Waals surface area (Å²) in [6, 6.07) is 19.6. The van der Waals surface area contributed by atoms with E-state index in [2.05, 4.69) is 31.2 Å². The molecular formula is C21H18O. The molecule has 22 heavy (non-hydrogen) atoms. The molecule has 0 amide bonds. The second-order valence-corrected chi connectivity index (χ2v) is 5.45. The molecule has 0 saturated heterocycles. The predicted molar refractivity (Wildman–Crippen MR) is 91.6 cm³/mol. The van der Waals surface area contributed by atoms with Crippen molar-refractivity contribution in [2.45, 2.75) is 6.92 Å². The van der Waals surface area contributed by atoms with Gasteiger partial charge in [0.15, 0.2) is 5.78 Å². The van der Waals surface area contributed by atoms with Gasteiger partial charge in [0.05, 0.1) is 5.92 Å². The molecule has 1 atom stereocenters. The number of hydrogen-bond acceptors (Lipinski definition) is 1. The molecule has 2 aromatic rings. The molecule has 0 spiro atoms. The fourth-order valence-corrected chi connectivity index (χ4v) is 2.70. The zero-order valence-corrected chi connectivity index (χ0v) is 12.6. The van der Waals surface area contributed by atoms with E-state index in [-0.39, 0.29) is 11.7 Å². The summed E-state index contributed by atoms with van der Waals surface area (Å²) in [4.78, 5) is 12.8. The van der Waals surface area contributed by atoms with Crippen LogP contribution in [0.5, 0.6) is 0 Å². The molecule has 1 nitrogen and oxygen atoms in total. The number of carbonyl (C=O) groups is 1. The highest BCUT2D eigenvalue weighted by atomic mass is 16.1. The van der Waals surface area contributed by atoms with Crippen molar-refractivity contribution in [2.75, 3.05) is 0 Å². The molecule has 1 aliphatic rings. The second kappa shape index (κ2) is 6.40. The topological polar surface area (TPSA) is 17.1 Å². The lowest BCUT2D eigenvalue weighted by atomic mass is 9.82. The summed E-state index contributed by atoms with van der Waals surface area (Å²) in [7, 11) is 0. The van der Waals surface area contributed by atoms with Crippen LogP contribution in [0.2, 0.25) is 0 Å². The minimum Gasteiger partial charge on any atom is -0.293 e. The van der Waals surface area contributed by atoms with Crippen molar-refractivity contribution in [3.05, 3.63) is 101 Å². The Morgan fingerprint density at radius 2 is 1.59 bits per heavy atom. The van der Waals surface area contributed by atoms with Gasteiger partial charge in [0.2, 0.25) is 0 Å². The van der Waals surface area contributed by atoms with Crippen molar-refractivity contribution < 1.29 is 4.79 Å². The Labute approximate surface area is 131 Å². The fraction of sp³-hybridized carbons (Fsp3) is 0.0952. The first-order chi connectivity index (χ1) is 10.8. The van der Waals surface area contributed by atoms with Gasteiger partial charge in [0, 0.05) is 5.56 Å². The van der Waals surface area contributed by atoms with Gasteiger partial charge in [0.25, 0.3) is 0 Å². The highest BCUT2D eigenvalue weighted by Crippen LogP contribution is 2.30.